The van der Waals surface area contributed by atoms with Gasteiger partial charge in [-0.1, -0.05) is 18.5 Å². The zero-order valence-corrected chi connectivity index (χ0v) is 11.5. The fourth-order valence-electron chi connectivity index (χ4n) is 1.44. The van der Waals surface area contributed by atoms with Gasteiger partial charge in [0, 0.05) is 17.1 Å². The van der Waals surface area contributed by atoms with Gasteiger partial charge in [0.1, 0.15) is 5.01 Å². The summed E-state index contributed by atoms with van der Waals surface area (Å²) in [7, 11) is 0. The van der Waals surface area contributed by atoms with Crippen LogP contribution in [0, 0.1) is 0 Å². The molecule has 5 heteroatoms. The van der Waals surface area contributed by atoms with Crippen molar-refractivity contribution in [3.63, 3.8) is 0 Å². The number of thiazole rings is 1. The van der Waals surface area contributed by atoms with Crippen LogP contribution >= 0.6 is 34.3 Å². The van der Waals surface area contributed by atoms with Crippen LogP contribution in [0.1, 0.15) is 24.8 Å². The van der Waals surface area contributed by atoms with Gasteiger partial charge in [-0.3, -0.25) is 0 Å². The first-order valence-electron chi connectivity index (χ1n) is 5.15. The summed E-state index contributed by atoms with van der Waals surface area (Å²) in [6, 6.07) is 4.30. The lowest BCUT2D eigenvalue weighted by Gasteiger charge is -2.07. The number of hydrogen-bond donors (Lipinski definition) is 1. The molecule has 0 aliphatic rings. The Kier molecular flexibility index (Phi) is 3.97. The molecule has 0 amide bonds. The van der Waals surface area contributed by atoms with E-state index in [0.29, 0.717) is 6.04 Å². The molecule has 2 aromatic heterocycles. The third-order valence-corrected chi connectivity index (χ3v) is 4.83. The minimum absolute atomic E-state index is 0.367. The lowest BCUT2D eigenvalue weighted by molar-refractivity contribution is 0.606. The van der Waals surface area contributed by atoms with Crippen molar-refractivity contribution in [3.05, 3.63) is 27.5 Å². The number of halogens is 1. The van der Waals surface area contributed by atoms with Crippen LogP contribution in [0.3, 0.4) is 0 Å². The summed E-state index contributed by atoms with van der Waals surface area (Å²) < 4.78 is 0.812. The molecule has 0 aliphatic carbocycles. The second-order valence-electron chi connectivity index (χ2n) is 3.45. The SMILES string of the molecule is CCNC(C)c1cnc(-c2ccc(Cl)s2)s1. The van der Waals surface area contributed by atoms with Gasteiger partial charge in [0.05, 0.1) is 9.21 Å². The average Bonchev–Trinajstić information content (AvgIpc) is 2.85. The Morgan fingerprint density at radius 3 is 2.88 bits per heavy atom. The molecule has 0 bridgehead atoms. The standard InChI is InChI=1S/C11H13ClN2S2/c1-3-13-7(2)9-6-14-11(16-9)8-4-5-10(12)15-8/h4-7,13H,3H2,1-2H3. The van der Waals surface area contributed by atoms with Gasteiger partial charge < -0.3 is 5.32 Å². The van der Waals surface area contributed by atoms with Crippen LogP contribution in [0.15, 0.2) is 18.3 Å². The molecule has 0 spiro atoms. The molecule has 2 aromatic rings. The molecule has 0 radical (unpaired) electrons. The van der Waals surface area contributed by atoms with Gasteiger partial charge >= 0.3 is 0 Å². The van der Waals surface area contributed by atoms with Crippen LogP contribution in [0.5, 0.6) is 0 Å². The van der Waals surface area contributed by atoms with E-state index in [9.17, 15) is 0 Å². The molecule has 2 heterocycles. The molecule has 16 heavy (non-hydrogen) atoms. The maximum absolute atomic E-state index is 5.91. The number of aromatic nitrogens is 1. The quantitative estimate of drug-likeness (QED) is 0.902. The number of rotatable bonds is 4. The molecule has 1 atom stereocenters. The van der Waals surface area contributed by atoms with Crippen molar-refractivity contribution in [3.8, 4) is 9.88 Å². The van der Waals surface area contributed by atoms with E-state index in [1.807, 2.05) is 18.3 Å². The Morgan fingerprint density at radius 1 is 1.44 bits per heavy atom. The highest BCUT2D eigenvalue weighted by molar-refractivity contribution is 7.23. The predicted molar refractivity (Wildman–Crippen MR) is 72.5 cm³/mol. The van der Waals surface area contributed by atoms with Crippen LogP contribution in [-0.2, 0) is 0 Å². The van der Waals surface area contributed by atoms with E-state index in [4.69, 9.17) is 11.6 Å². The summed E-state index contributed by atoms with van der Waals surface area (Å²) in [6.45, 7) is 5.24. The van der Waals surface area contributed by atoms with Crippen molar-refractivity contribution in [1.82, 2.24) is 10.3 Å². The normalized spacial score (nSPS) is 12.9. The summed E-state index contributed by atoms with van der Waals surface area (Å²) in [4.78, 5) is 6.84. The third-order valence-electron chi connectivity index (χ3n) is 2.24. The molecule has 0 saturated carbocycles. The van der Waals surface area contributed by atoms with Crippen molar-refractivity contribution in [2.45, 2.75) is 19.9 Å². The van der Waals surface area contributed by atoms with Crippen LogP contribution in [0.2, 0.25) is 4.34 Å². The summed E-state index contributed by atoms with van der Waals surface area (Å²) >= 11 is 9.21. The first-order chi connectivity index (χ1) is 7.70. The van der Waals surface area contributed by atoms with E-state index in [2.05, 4.69) is 24.1 Å². The zero-order chi connectivity index (χ0) is 11.5. The fourth-order valence-corrected chi connectivity index (χ4v) is 3.48. The van der Waals surface area contributed by atoms with Crippen molar-refractivity contribution >= 4 is 34.3 Å². The van der Waals surface area contributed by atoms with Gasteiger partial charge in [-0.15, -0.1) is 22.7 Å². The number of thiophene rings is 1. The third kappa shape index (κ3) is 2.63. The molecule has 1 N–H and O–H groups in total. The lowest BCUT2D eigenvalue weighted by Crippen LogP contribution is -2.16. The highest BCUT2D eigenvalue weighted by atomic mass is 35.5. The summed E-state index contributed by atoms with van der Waals surface area (Å²) in [5.74, 6) is 0. The first kappa shape index (κ1) is 12.0. The summed E-state index contributed by atoms with van der Waals surface area (Å²) in [6.07, 6.45) is 1.95. The largest absolute Gasteiger partial charge is 0.310 e. The predicted octanol–water partition coefficient (Wildman–Crippen LogP) is 4.20. The van der Waals surface area contributed by atoms with Crippen LogP contribution < -0.4 is 5.32 Å². The maximum Gasteiger partial charge on any atom is 0.133 e. The van der Waals surface area contributed by atoms with E-state index in [-0.39, 0.29) is 0 Å². The van der Waals surface area contributed by atoms with Crippen LogP contribution in [0.4, 0.5) is 0 Å². The van der Waals surface area contributed by atoms with Gasteiger partial charge in [-0.2, -0.15) is 0 Å². The maximum atomic E-state index is 5.91. The van der Waals surface area contributed by atoms with E-state index in [0.717, 1.165) is 20.8 Å². The van der Waals surface area contributed by atoms with Gasteiger partial charge in [0.2, 0.25) is 0 Å². The monoisotopic (exact) mass is 272 g/mol. The molecular formula is C11H13ClN2S2. The molecule has 0 fully saturated rings. The highest BCUT2D eigenvalue weighted by Gasteiger charge is 2.11. The minimum atomic E-state index is 0.367. The molecule has 2 rings (SSSR count). The Balaban J connectivity index is 2.19. The van der Waals surface area contributed by atoms with E-state index >= 15 is 0 Å². The molecule has 1 unspecified atom stereocenters. The zero-order valence-electron chi connectivity index (χ0n) is 9.16. The average molecular weight is 273 g/mol. The van der Waals surface area contributed by atoms with Gasteiger partial charge in [-0.25, -0.2) is 4.98 Å². The molecule has 86 valence electrons. The van der Waals surface area contributed by atoms with Crippen molar-refractivity contribution in [2.75, 3.05) is 6.54 Å². The Hall–Kier alpha value is -0.420. The van der Waals surface area contributed by atoms with Gasteiger partial charge in [0.25, 0.3) is 0 Å². The first-order valence-corrected chi connectivity index (χ1v) is 7.16. The second-order valence-corrected chi connectivity index (χ2v) is 6.23. The summed E-state index contributed by atoms with van der Waals surface area (Å²) in [5.41, 5.74) is 0. The van der Waals surface area contributed by atoms with Gasteiger partial charge in [-0.05, 0) is 25.6 Å². The van der Waals surface area contributed by atoms with Crippen molar-refractivity contribution in [1.29, 1.82) is 0 Å². The molecular weight excluding hydrogens is 260 g/mol. The Bertz CT molecular complexity index is 464. The molecule has 0 aromatic carbocycles. The highest BCUT2D eigenvalue weighted by Crippen LogP contribution is 2.34. The Labute approximate surface area is 108 Å². The van der Waals surface area contributed by atoms with Gasteiger partial charge in [0.15, 0.2) is 0 Å². The number of hydrogen-bond acceptors (Lipinski definition) is 4. The van der Waals surface area contributed by atoms with Crippen LogP contribution in [-0.4, -0.2) is 11.5 Å². The van der Waals surface area contributed by atoms with E-state index < -0.39 is 0 Å². The second kappa shape index (κ2) is 5.27. The topological polar surface area (TPSA) is 24.9 Å². The Morgan fingerprint density at radius 2 is 2.25 bits per heavy atom. The van der Waals surface area contributed by atoms with E-state index in [1.165, 1.54) is 4.88 Å². The fraction of sp³-hybridized carbons (Fsp3) is 0.364. The molecule has 0 aliphatic heterocycles. The minimum Gasteiger partial charge on any atom is -0.310 e. The number of nitrogens with one attached hydrogen (secondary N) is 1. The molecule has 0 saturated heterocycles. The van der Waals surface area contributed by atoms with Crippen molar-refractivity contribution < 1.29 is 0 Å². The molecule has 2 nitrogen and oxygen atoms in total. The van der Waals surface area contributed by atoms with E-state index in [1.54, 1.807) is 22.7 Å². The number of nitrogens with zero attached hydrogens (tertiary/aromatic N) is 1. The lowest BCUT2D eigenvalue weighted by atomic mass is 10.3. The van der Waals surface area contributed by atoms with Crippen molar-refractivity contribution in [2.24, 2.45) is 0 Å². The smallest absolute Gasteiger partial charge is 0.133 e. The van der Waals surface area contributed by atoms with Crippen LogP contribution in [0.25, 0.3) is 9.88 Å². The summed E-state index contributed by atoms with van der Waals surface area (Å²) in [5, 5.41) is 4.43.